The van der Waals surface area contributed by atoms with Crippen LogP contribution in [-0.2, 0) is 4.79 Å². The number of carboxylic acids is 1. The number of carboxylic acid groups (broad SMARTS) is 1. The van der Waals surface area contributed by atoms with Crippen LogP contribution in [0.25, 0.3) is 0 Å². The van der Waals surface area contributed by atoms with Gasteiger partial charge >= 0.3 is 5.97 Å². The molecule has 0 heterocycles. The van der Waals surface area contributed by atoms with E-state index in [1.54, 1.807) is 6.08 Å². The van der Waals surface area contributed by atoms with Crippen molar-refractivity contribution in [1.82, 2.24) is 0 Å². The fourth-order valence-corrected chi connectivity index (χ4v) is 1.56. The fourth-order valence-electron chi connectivity index (χ4n) is 1.26. The molecule has 4 heteroatoms. The maximum atomic E-state index is 10.9. The van der Waals surface area contributed by atoms with Crippen LogP contribution in [0.1, 0.15) is 6.42 Å². The first-order valence-corrected chi connectivity index (χ1v) is 5.19. The first-order valence-electron chi connectivity index (χ1n) is 4.39. The normalized spacial score (nSPS) is 27.3. The van der Waals surface area contributed by atoms with Gasteiger partial charge in [-0.25, -0.2) is 0 Å². The summed E-state index contributed by atoms with van der Waals surface area (Å²) in [5.74, 6) is -0.842. The van der Waals surface area contributed by atoms with Crippen molar-refractivity contribution in [2.45, 2.75) is 10.7 Å². The summed E-state index contributed by atoms with van der Waals surface area (Å²) in [6.07, 6.45) is 6.02. The van der Waals surface area contributed by atoms with Crippen LogP contribution in [0.5, 0.6) is 0 Å². The smallest absolute Gasteiger partial charge is 0.324 e. The van der Waals surface area contributed by atoms with Gasteiger partial charge in [0.2, 0.25) is 0 Å². The number of nitrogens with zero attached hydrogens (tertiary/aromatic N) is 1. The third-order valence-corrected chi connectivity index (χ3v) is 3.18. The highest BCUT2D eigenvalue weighted by Crippen LogP contribution is 2.31. The van der Waals surface area contributed by atoms with Gasteiger partial charge in [0.15, 0.2) is 0 Å². The number of rotatable bonds is 2. The van der Waals surface area contributed by atoms with Crippen LogP contribution in [0.3, 0.4) is 0 Å². The minimum atomic E-state index is -0.911. The molecule has 0 aromatic heterocycles. The Kier molecular flexibility index (Phi) is 2.88. The van der Waals surface area contributed by atoms with Gasteiger partial charge < -0.3 is 5.11 Å². The average molecular weight is 261 g/mol. The van der Waals surface area contributed by atoms with E-state index in [1.165, 1.54) is 0 Å². The quantitative estimate of drug-likeness (QED) is 0.607. The maximum absolute atomic E-state index is 10.9. The summed E-state index contributed by atoms with van der Waals surface area (Å²) in [7, 11) is 6.16. The SMILES string of the molecule is C[N+](C)(C)C1=CCC(Br)(C(=O)O)C=C1. The summed E-state index contributed by atoms with van der Waals surface area (Å²) in [6, 6.07) is 0. The van der Waals surface area contributed by atoms with Gasteiger partial charge in [-0.05, 0) is 12.2 Å². The Labute approximate surface area is 92.4 Å². The van der Waals surface area contributed by atoms with Gasteiger partial charge in [-0.1, -0.05) is 22.0 Å². The van der Waals surface area contributed by atoms with Crippen molar-refractivity contribution in [3.8, 4) is 0 Å². The number of aliphatic carboxylic acids is 1. The molecule has 1 aliphatic rings. The number of hydrogen-bond acceptors (Lipinski definition) is 1. The summed E-state index contributed by atoms with van der Waals surface area (Å²) in [5, 5.41) is 8.95. The van der Waals surface area contributed by atoms with Gasteiger partial charge in [-0.2, -0.15) is 0 Å². The molecular weight excluding hydrogens is 246 g/mol. The Hall–Kier alpha value is -0.610. The lowest BCUT2D eigenvalue weighted by Crippen LogP contribution is -2.36. The van der Waals surface area contributed by atoms with Crippen LogP contribution in [-0.4, -0.2) is 41.0 Å². The number of likely N-dealkylation sites (N-methyl/N-ethyl adjacent to an activating group) is 1. The number of halogens is 1. The van der Waals surface area contributed by atoms with E-state index in [2.05, 4.69) is 37.1 Å². The Morgan fingerprint density at radius 2 is 2.14 bits per heavy atom. The predicted octanol–water partition coefficient (Wildman–Crippen LogP) is 1.75. The van der Waals surface area contributed by atoms with E-state index in [0.717, 1.165) is 5.70 Å². The molecule has 0 saturated carbocycles. The van der Waals surface area contributed by atoms with Crippen LogP contribution >= 0.6 is 15.9 Å². The van der Waals surface area contributed by atoms with Gasteiger partial charge in [0.1, 0.15) is 10.0 Å². The topological polar surface area (TPSA) is 37.3 Å². The van der Waals surface area contributed by atoms with Crippen molar-refractivity contribution in [2.24, 2.45) is 0 Å². The van der Waals surface area contributed by atoms with Crippen molar-refractivity contribution < 1.29 is 14.4 Å². The highest BCUT2D eigenvalue weighted by Gasteiger charge is 2.35. The zero-order valence-corrected chi connectivity index (χ0v) is 10.2. The van der Waals surface area contributed by atoms with Gasteiger partial charge in [0.25, 0.3) is 0 Å². The predicted molar refractivity (Wildman–Crippen MR) is 59.2 cm³/mol. The van der Waals surface area contributed by atoms with Gasteiger partial charge in [0.05, 0.1) is 21.1 Å². The Morgan fingerprint density at radius 3 is 2.43 bits per heavy atom. The van der Waals surface area contributed by atoms with Crippen LogP contribution < -0.4 is 0 Å². The third kappa shape index (κ3) is 2.25. The second kappa shape index (κ2) is 3.51. The molecule has 1 aliphatic carbocycles. The van der Waals surface area contributed by atoms with Gasteiger partial charge in [-0.15, -0.1) is 0 Å². The van der Waals surface area contributed by atoms with Gasteiger partial charge in [0, 0.05) is 6.42 Å². The Morgan fingerprint density at radius 1 is 1.57 bits per heavy atom. The molecule has 0 aromatic carbocycles. The first kappa shape index (κ1) is 11.5. The summed E-state index contributed by atoms with van der Waals surface area (Å²) >= 11 is 3.22. The van der Waals surface area contributed by atoms with E-state index >= 15 is 0 Å². The summed E-state index contributed by atoms with van der Waals surface area (Å²) in [6.45, 7) is 0. The van der Waals surface area contributed by atoms with Crippen molar-refractivity contribution in [1.29, 1.82) is 0 Å². The standard InChI is InChI=1S/C10H14BrNO2/c1-12(2,3)8-4-6-10(11,7-5-8)9(13)14/h4-6H,7H2,1-3H3/p+1. The second-order valence-corrected chi connectivity index (χ2v) is 5.76. The minimum Gasteiger partial charge on any atom is -0.480 e. The summed E-state index contributed by atoms with van der Waals surface area (Å²) in [4.78, 5) is 10.9. The van der Waals surface area contributed by atoms with Crippen LogP contribution in [0.4, 0.5) is 0 Å². The molecule has 1 N–H and O–H groups in total. The fraction of sp³-hybridized carbons (Fsp3) is 0.500. The number of carbonyl (C=O) groups is 1. The first-order chi connectivity index (χ1) is 6.26. The van der Waals surface area contributed by atoms with E-state index in [-0.39, 0.29) is 0 Å². The lowest BCUT2D eigenvalue weighted by atomic mass is 9.98. The van der Waals surface area contributed by atoms with Crippen LogP contribution in [0, 0.1) is 0 Å². The molecule has 14 heavy (non-hydrogen) atoms. The lowest BCUT2D eigenvalue weighted by molar-refractivity contribution is -0.828. The molecule has 0 saturated heterocycles. The highest BCUT2D eigenvalue weighted by atomic mass is 79.9. The van der Waals surface area contributed by atoms with Crippen molar-refractivity contribution >= 4 is 21.9 Å². The minimum absolute atomic E-state index is 0.490. The number of quaternary nitrogens is 1. The molecule has 0 fully saturated rings. The van der Waals surface area contributed by atoms with Crippen LogP contribution in [0.2, 0.25) is 0 Å². The molecule has 3 nitrogen and oxygen atoms in total. The molecule has 0 spiro atoms. The third-order valence-electron chi connectivity index (χ3n) is 2.26. The van der Waals surface area contributed by atoms with Gasteiger partial charge in [-0.3, -0.25) is 9.28 Å². The van der Waals surface area contributed by atoms with E-state index in [1.807, 2.05) is 12.2 Å². The molecule has 1 unspecified atom stereocenters. The molecule has 1 atom stereocenters. The molecule has 0 amide bonds. The lowest BCUT2D eigenvalue weighted by Gasteiger charge is -2.29. The van der Waals surface area contributed by atoms with E-state index < -0.39 is 10.3 Å². The average Bonchev–Trinajstić information content (AvgIpc) is 2.03. The van der Waals surface area contributed by atoms with E-state index in [4.69, 9.17) is 5.11 Å². The molecular formula is C10H15BrNO2+. The number of allylic oxidation sites excluding steroid dienone is 2. The van der Waals surface area contributed by atoms with Crippen LogP contribution in [0.15, 0.2) is 23.9 Å². The van der Waals surface area contributed by atoms with E-state index in [0.29, 0.717) is 10.9 Å². The zero-order chi connectivity index (χ0) is 11.0. The second-order valence-electron chi connectivity index (χ2n) is 4.35. The highest BCUT2D eigenvalue weighted by molar-refractivity contribution is 9.10. The summed E-state index contributed by atoms with van der Waals surface area (Å²) in [5.41, 5.74) is 1.13. The Balaban J connectivity index is 2.86. The monoisotopic (exact) mass is 260 g/mol. The molecule has 0 aromatic rings. The maximum Gasteiger partial charge on any atom is 0.324 e. The van der Waals surface area contributed by atoms with E-state index in [9.17, 15) is 4.79 Å². The largest absolute Gasteiger partial charge is 0.480 e. The zero-order valence-electron chi connectivity index (χ0n) is 8.62. The molecule has 0 aliphatic heterocycles. The summed E-state index contributed by atoms with van der Waals surface area (Å²) < 4.78 is -0.204. The van der Waals surface area contributed by atoms with Crippen molar-refractivity contribution in [3.05, 3.63) is 23.9 Å². The molecule has 0 bridgehead atoms. The Bertz CT molecular complexity index is 315. The molecule has 1 rings (SSSR count). The molecule has 0 radical (unpaired) electrons. The van der Waals surface area contributed by atoms with Crippen molar-refractivity contribution in [2.75, 3.05) is 21.1 Å². The number of hydrogen-bond donors (Lipinski definition) is 1. The van der Waals surface area contributed by atoms with Crippen molar-refractivity contribution in [3.63, 3.8) is 0 Å². The molecule has 78 valence electrons. The number of alkyl halides is 1.